The van der Waals surface area contributed by atoms with E-state index in [1.165, 1.54) is 75.3 Å². The number of nitrogens with two attached hydrogens (primary N) is 2. The number of phenols is 2. The molecular formula is C72H96N2O2. The minimum absolute atomic E-state index is 0.0683. The van der Waals surface area contributed by atoms with Crippen molar-refractivity contribution in [2.24, 2.45) is 163 Å². The molecule has 406 valence electrons. The molecule has 0 radical (unpaired) electrons. The summed E-state index contributed by atoms with van der Waals surface area (Å²) in [6.07, 6.45) is 48.4. The Balaban J connectivity index is 0.822. The van der Waals surface area contributed by atoms with E-state index < -0.39 is 0 Å². The average molecular weight is 1020 g/mol. The number of rotatable bonds is 7. The number of benzene rings is 2. The Bertz CT molecular complexity index is 2670. The van der Waals surface area contributed by atoms with Crippen LogP contribution in [-0.4, -0.2) is 10.2 Å². The van der Waals surface area contributed by atoms with Crippen LogP contribution in [0.25, 0.3) is 0 Å². The number of phenolic OH excluding ortho intramolecular Hbond substituents is 2. The van der Waals surface area contributed by atoms with E-state index in [4.69, 9.17) is 11.5 Å². The molecule has 24 fully saturated rings. The van der Waals surface area contributed by atoms with E-state index in [1.54, 1.807) is 135 Å². The molecule has 4 heteroatoms. The Labute approximate surface area is 457 Å². The van der Waals surface area contributed by atoms with Crippen LogP contribution in [0.1, 0.15) is 210 Å². The van der Waals surface area contributed by atoms with Gasteiger partial charge in [-0.15, -0.1) is 0 Å². The highest BCUT2D eigenvalue weighted by Gasteiger charge is 2.83. The Morgan fingerprint density at radius 1 is 0.329 bits per heavy atom. The van der Waals surface area contributed by atoms with E-state index in [-0.39, 0.29) is 27.7 Å². The third-order valence-electron chi connectivity index (χ3n) is 32.5. The molecule has 0 aliphatic heterocycles. The Morgan fingerprint density at radius 3 is 1.04 bits per heavy atom. The molecule has 2 aromatic rings. The first-order chi connectivity index (χ1) is 36.9. The molecule has 0 amide bonds. The smallest absolute Gasteiger partial charge is 0.138 e. The number of nitrogen functional groups attached to an aromatic ring is 2. The first kappa shape index (κ1) is 45.3. The predicted octanol–water partition coefficient (Wildman–Crippen LogP) is 16.4. The van der Waals surface area contributed by atoms with E-state index in [0.717, 1.165) is 124 Å². The van der Waals surface area contributed by atoms with Crippen LogP contribution in [0, 0.1) is 163 Å². The summed E-state index contributed by atoms with van der Waals surface area (Å²) in [5.41, 5.74) is 19.4. The third kappa shape index (κ3) is 5.26. The molecule has 0 aromatic heterocycles. The van der Waals surface area contributed by atoms with Crippen molar-refractivity contribution >= 4 is 11.4 Å². The second-order valence-corrected chi connectivity index (χ2v) is 35.5. The second kappa shape index (κ2) is 14.4. The van der Waals surface area contributed by atoms with E-state index in [1.807, 2.05) is 0 Å². The van der Waals surface area contributed by atoms with Gasteiger partial charge in [0.1, 0.15) is 11.5 Å². The Kier molecular flexibility index (Phi) is 8.61. The van der Waals surface area contributed by atoms with Crippen LogP contribution >= 0.6 is 0 Å². The molecule has 24 saturated carbocycles. The molecule has 76 heavy (non-hydrogen) atoms. The van der Waals surface area contributed by atoms with Crippen molar-refractivity contribution in [3.05, 3.63) is 47.5 Å². The van der Waals surface area contributed by atoms with Crippen LogP contribution < -0.4 is 11.5 Å². The minimum atomic E-state index is -0.300. The normalized spacial score (nSPS) is 59.6. The quantitative estimate of drug-likeness (QED) is 0.164. The summed E-state index contributed by atoms with van der Waals surface area (Å²) in [5.74, 6) is 21.3. The monoisotopic (exact) mass is 1020 g/mol. The SMILES string of the molecule is Nc1ccc(C2(c3ccc(N)c(O)c3)C3CC4CC(C3)CC2(C23CC5CC(CC(C5)C2C25CC6CC(CC(C6)C2C26CC7CC(CC(C7)C2C27CC8CC(CC(C8)C2C28CC9CC(CC(C9)C2)C8)C7)C6)C5)C3)C4)cc1O. The van der Waals surface area contributed by atoms with Gasteiger partial charge in [0, 0.05) is 5.41 Å². The number of aromatic hydroxyl groups is 2. The van der Waals surface area contributed by atoms with Gasteiger partial charge in [-0.25, -0.2) is 0 Å². The van der Waals surface area contributed by atoms with Crippen molar-refractivity contribution < 1.29 is 10.2 Å². The zero-order chi connectivity index (χ0) is 49.8. The lowest BCUT2D eigenvalue weighted by Crippen LogP contribution is -2.77. The van der Waals surface area contributed by atoms with Crippen LogP contribution in [0.3, 0.4) is 0 Å². The number of anilines is 2. The lowest BCUT2D eigenvalue weighted by atomic mass is 9.20. The predicted molar refractivity (Wildman–Crippen MR) is 300 cm³/mol. The van der Waals surface area contributed by atoms with Crippen molar-refractivity contribution in [2.45, 2.75) is 204 Å². The first-order valence-electron chi connectivity index (χ1n) is 34.0. The number of hydrogen-bond acceptors (Lipinski definition) is 4. The van der Waals surface area contributed by atoms with Gasteiger partial charge in [0.05, 0.1) is 11.4 Å². The Morgan fingerprint density at radius 2 is 0.645 bits per heavy atom. The topological polar surface area (TPSA) is 92.5 Å². The molecule has 26 rings (SSSR count). The molecular weight excluding hydrogens is 925 g/mol. The maximum atomic E-state index is 12.0. The van der Waals surface area contributed by atoms with Crippen LogP contribution in [0.15, 0.2) is 36.4 Å². The molecule has 0 saturated heterocycles. The standard InChI is InChI=1S/C72H96N2O2/c73-58-3-1-55(23-60(58)75)72(56-2-4-59(74)61(76)24-56)57-21-49-12-50(22-57)37-71(72,36-49)70-34-47-11-48(35-70)20-54(19-47)65(70)69-32-45-10-46(33-69)18-53(17-45)64(69)68-30-43-9-44(31-68)16-52(15-43)63(68)67-28-41-8-42(29-67)14-51(13-41)62(67)66-25-38-5-39(26-66)7-40(6-38)27-66/h1-4,23-24,38-54,57,62-65,75-76H,5-22,25-37,73-74H2. The molecule has 14 atom stereocenters. The van der Waals surface area contributed by atoms with Gasteiger partial charge < -0.3 is 21.7 Å². The van der Waals surface area contributed by atoms with Crippen molar-refractivity contribution in [1.29, 1.82) is 0 Å². The van der Waals surface area contributed by atoms with Crippen LogP contribution in [-0.2, 0) is 5.41 Å². The highest BCUT2D eigenvalue weighted by molar-refractivity contribution is 5.61. The third-order valence-corrected chi connectivity index (χ3v) is 32.5. The second-order valence-electron chi connectivity index (χ2n) is 35.5. The van der Waals surface area contributed by atoms with Gasteiger partial charge in [0.15, 0.2) is 0 Å². The zero-order valence-electron chi connectivity index (χ0n) is 46.6. The van der Waals surface area contributed by atoms with Crippen LogP contribution in [0.2, 0.25) is 0 Å². The van der Waals surface area contributed by atoms with Gasteiger partial charge in [0.2, 0.25) is 0 Å². The fourth-order valence-corrected chi connectivity index (χ4v) is 34.8. The molecule has 4 nitrogen and oxygen atoms in total. The summed E-state index contributed by atoms with van der Waals surface area (Å²) in [7, 11) is 0. The van der Waals surface area contributed by atoms with Crippen molar-refractivity contribution in [1.82, 2.24) is 0 Å². The van der Waals surface area contributed by atoms with E-state index in [0.29, 0.717) is 39.0 Å². The molecule has 0 heterocycles. The Hall–Kier alpha value is -2.36. The summed E-state index contributed by atoms with van der Waals surface area (Å²) in [5, 5.41) is 24.0. The van der Waals surface area contributed by atoms with Gasteiger partial charge in [-0.2, -0.15) is 0 Å². The molecule has 6 N–H and O–H groups in total. The van der Waals surface area contributed by atoms with Crippen LogP contribution in [0.4, 0.5) is 11.4 Å². The molecule has 24 bridgehead atoms. The average Bonchev–Trinajstić information content (AvgIpc) is 3.50. The largest absolute Gasteiger partial charge is 0.506 e. The molecule has 0 spiro atoms. The molecule has 14 unspecified atom stereocenters. The van der Waals surface area contributed by atoms with Gasteiger partial charge >= 0.3 is 0 Å². The minimum Gasteiger partial charge on any atom is -0.506 e. The lowest BCUT2D eigenvalue weighted by Gasteiger charge is -2.84. The van der Waals surface area contributed by atoms with Crippen LogP contribution in [0.5, 0.6) is 11.5 Å². The van der Waals surface area contributed by atoms with Gasteiger partial charge in [-0.05, 0) is 397 Å². The number of hydrogen-bond donors (Lipinski definition) is 4. The first-order valence-corrected chi connectivity index (χ1v) is 34.0. The fourth-order valence-electron chi connectivity index (χ4n) is 34.8. The van der Waals surface area contributed by atoms with Crippen molar-refractivity contribution in [2.75, 3.05) is 11.5 Å². The maximum Gasteiger partial charge on any atom is 0.138 e. The highest BCUT2D eigenvalue weighted by atomic mass is 16.3. The fraction of sp³-hybridized carbons (Fsp3) is 0.833. The van der Waals surface area contributed by atoms with Crippen molar-refractivity contribution in [3.8, 4) is 11.5 Å². The molecule has 24 aliphatic carbocycles. The van der Waals surface area contributed by atoms with Crippen molar-refractivity contribution in [3.63, 3.8) is 0 Å². The summed E-state index contributed by atoms with van der Waals surface area (Å²) in [6.45, 7) is 0. The molecule has 2 aromatic carbocycles. The summed E-state index contributed by atoms with van der Waals surface area (Å²) < 4.78 is 0. The van der Waals surface area contributed by atoms with Gasteiger partial charge in [-0.3, -0.25) is 0 Å². The molecule has 24 aliphatic rings. The van der Waals surface area contributed by atoms with E-state index >= 15 is 0 Å². The summed E-state index contributed by atoms with van der Waals surface area (Å²) >= 11 is 0. The summed E-state index contributed by atoms with van der Waals surface area (Å²) in [4.78, 5) is 0. The van der Waals surface area contributed by atoms with Gasteiger partial charge in [-0.1, -0.05) is 12.1 Å². The zero-order valence-corrected chi connectivity index (χ0v) is 46.6. The highest BCUT2D eigenvalue weighted by Crippen LogP contribution is 2.90. The van der Waals surface area contributed by atoms with E-state index in [2.05, 4.69) is 36.4 Å². The van der Waals surface area contributed by atoms with Gasteiger partial charge in [0.25, 0.3) is 0 Å². The summed E-state index contributed by atoms with van der Waals surface area (Å²) in [6, 6.07) is 13.4. The maximum absolute atomic E-state index is 12.0. The lowest BCUT2D eigenvalue weighted by molar-refractivity contribution is -0.342. The van der Waals surface area contributed by atoms with E-state index in [9.17, 15) is 10.2 Å².